The summed E-state index contributed by atoms with van der Waals surface area (Å²) in [6.07, 6.45) is 4.60. The predicted molar refractivity (Wildman–Crippen MR) is 77.9 cm³/mol. The van der Waals surface area contributed by atoms with Crippen LogP contribution in [0.25, 0.3) is 0 Å². The zero-order valence-electron chi connectivity index (χ0n) is 11.1. The van der Waals surface area contributed by atoms with E-state index >= 15 is 0 Å². The average Bonchev–Trinajstić information content (AvgIpc) is 2.35. The zero-order chi connectivity index (χ0) is 12.6. The van der Waals surface area contributed by atoms with Gasteiger partial charge in [0.05, 0.1) is 33.0 Å². The van der Waals surface area contributed by atoms with Gasteiger partial charge in [0.25, 0.3) is 0 Å². The molecule has 0 saturated carbocycles. The predicted octanol–water partition coefficient (Wildman–Crippen LogP) is 2.22. The number of halogens is 2. The van der Waals surface area contributed by atoms with Gasteiger partial charge in [0, 0.05) is 19.0 Å². The van der Waals surface area contributed by atoms with E-state index in [1.165, 1.54) is 12.8 Å². The molecule has 0 amide bonds. The lowest BCUT2D eigenvalue weighted by Crippen LogP contribution is -2.13. The molecule has 6 heteroatoms. The average molecular weight is 304 g/mol. The van der Waals surface area contributed by atoms with Crippen LogP contribution in [0.5, 0.6) is 0 Å². The van der Waals surface area contributed by atoms with Crippen LogP contribution >= 0.6 is 24.0 Å². The van der Waals surface area contributed by atoms with E-state index in [2.05, 4.69) is 0 Å². The molecule has 0 aliphatic heterocycles. The standard InChI is InChI=1S/C12H26ClNO3.ClH/c13-5-3-1-2-4-7-15-9-11-17-12-10-16-8-6-14;/h1-12,14H2;1H. The second-order valence-electron chi connectivity index (χ2n) is 3.73. The van der Waals surface area contributed by atoms with Gasteiger partial charge < -0.3 is 19.9 Å². The molecule has 0 radical (unpaired) electrons. The van der Waals surface area contributed by atoms with Crippen LogP contribution in [0.4, 0.5) is 0 Å². The molecule has 0 aliphatic carbocycles. The Labute approximate surface area is 122 Å². The maximum Gasteiger partial charge on any atom is 0.0701 e. The smallest absolute Gasteiger partial charge is 0.0701 e. The number of alkyl halides is 1. The summed E-state index contributed by atoms with van der Waals surface area (Å²) in [6, 6.07) is 0. The molecule has 4 nitrogen and oxygen atoms in total. The van der Waals surface area contributed by atoms with Gasteiger partial charge in [0.1, 0.15) is 0 Å². The summed E-state index contributed by atoms with van der Waals surface area (Å²) in [6.45, 7) is 4.49. The van der Waals surface area contributed by atoms with Gasteiger partial charge in [-0.1, -0.05) is 12.8 Å². The van der Waals surface area contributed by atoms with E-state index in [9.17, 15) is 0 Å². The van der Waals surface area contributed by atoms with Crippen molar-refractivity contribution in [3.05, 3.63) is 0 Å². The first kappa shape index (κ1) is 20.7. The van der Waals surface area contributed by atoms with E-state index in [0.717, 1.165) is 25.3 Å². The van der Waals surface area contributed by atoms with Crippen LogP contribution in [-0.4, -0.2) is 52.1 Å². The van der Waals surface area contributed by atoms with Crippen LogP contribution in [0.1, 0.15) is 25.7 Å². The Morgan fingerprint density at radius 3 is 1.72 bits per heavy atom. The first-order valence-corrected chi connectivity index (χ1v) is 6.94. The molecule has 0 saturated heterocycles. The highest BCUT2D eigenvalue weighted by Crippen LogP contribution is 2.00. The van der Waals surface area contributed by atoms with Gasteiger partial charge in [-0.05, 0) is 12.8 Å². The van der Waals surface area contributed by atoms with E-state index < -0.39 is 0 Å². The Kier molecular flexibility index (Phi) is 22.8. The molecular formula is C12H27Cl2NO3. The van der Waals surface area contributed by atoms with Gasteiger partial charge in [-0.15, -0.1) is 24.0 Å². The molecule has 0 atom stereocenters. The van der Waals surface area contributed by atoms with Crippen molar-refractivity contribution in [1.82, 2.24) is 0 Å². The van der Waals surface area contributed by atoms with Crippen molar-refractivity contribution in [3.63, 3.8) is 0 Å². The number of hydrogen-bond donors (Lipinski definition) is 1. The molecule has 0 fully saturated rings. The fraction of sp³-hybridized carbons (Fsp3) is 1.00. The van der Waals surface area contributed by atoms with Crippen LogP contribution in [0, 0.1) is 0 Å². The summed E-state index contributed by atoms with van der Waals surface area (Å²) in [5, 5.41) is 0. The molecule has 0 aliphatic rings. The third-order valence-corrected chi connectivity index (χ3v) is 2.45. The van der Waals surface area contributed by atoms with Gasteiger partial charge in [-0.3, -0.25) is 0 Å². The number of nitrogens with two attached hydrogens (primary N) is 1. The summed E-state index contributed by atoms with van der Waals surface area (Å²) in [5.41, 5.74) is 5.27. The maximum absolute atomic E-state index is 5.58. The normalized spacial score (nSPS) is 10.3. The van der Waals surface area contributed by atoms with Crippen molar-refractivity contribution in [2.24, 2.45) is 5.73 Å². The lowest BCUT2D eigenvalue weighted by molar-refractivity contribution is 0.0153. The molecule has 0 rings (SSSR count). The molecule has 0 aromatic heterocycles. The van der Waals surface area contributed by atoms with Crippen LogP contribution in [0.3, 0.4) is 0 Å². The molecule has 0 heterocycles. The van der Waals surface area contributed by atoms with E-state index in [4.69, 9.17) is 31.5 Å². The van der Waals surface area contributed by atoms with Crippen LogP contribution < -0.4 is 5.73 Å². The lowest BCUT2D eigenvalue weighted by atomic mass is 10.2. The van der Waals surface area contributed by atoms with E-state index in [0.29, 0.717) is 39.6 Å². The first-order valence-electron chi connectivity index (χ1n) is 6.41. The van der Waals surface area contributed by atoms with Crippen LogP contribution in [-0.2, 0) is 14.2 Å². The molecule has 0 bridgehead atoms. The monoisotopic (exact) mass is 303 g/mol. The van der Waals surface area contributed by atoms with Crippen molar-refractivity contribution in [2.45, 2.75) is 25.7 Å². The highest BCUT2D eigenvalue weighted by Gasteiger charge is 1.92. The van der Waals surface area contributed by atoms with Crippen LogP contribution in [0.15, 0.2) is 0 Å². The van der Waals surface area contributed by atoms with Gasteiger partial charge in [-0.25, -0.2) is 0 Å². The van der Waals surface area contributed by atoms with Gasteiger partial charge in [0.2, 0.25) is 0 Å². The zero-order valence-corrected chi connectivity index (χ0v) is 12.6. The summed E-state index contributed by atoms with van der Waals surface area (Å²) in [7, 11) is 0. The number of hydrogen-bond acceptors (Lipinski definition) is 4. The minimum Gasteiger partial charge on any atom is -0.379 e. The molecular weight excluding hydrogens is 277 g/mol. The highest BCUT2D eigenvalue weighted by atomic mass is 35.5. The quantitative estimate of drug-likeness (QED) is 0.395. The molecule has 0 unspecified atom stereocenters. The van der Waals surface area contributed by atoms with E-state index in [-0.39, 0.29) is 12.4 Å². The summed E-state index contributed by atoms with van der Waals surface area (Å²) >= 11 is 5.58. The van der Waals surface area contributed by atoms with Crippen molar-refractivity contribution < 1.29 is 14.2 Å². The SMILES string of the molecule is Cl.NCCOCCOCCOCCCCCCCl. The number of unbranched alkanes of at least 4 members (excludes halogenated alkanes) is 3. The Morgan fingerprint density at radius 1 is 0.667 bits per heavy atom. The third kappa shape index (κ3) is 18.8. The highest BCUT2D eigenvalue weighted by molar-refractivity contribution is 6.17. The minimum absolute atomic E-state index is 0. The van der Waals surface area contributed by atoms with Crippen molar-refractivity contribution in [3.8, 4) is 0 Å². The first-order chi connectivity index (χ1) is 8.41. The Bertz CT molecular complexity index is 128. The second kappa shape index (κ2) is 19.8. The van der Waals surface area contributed by atoms with Crippen molar-refractivity contribution >= 4 is 24.0 Å². The van der Waals surface area contributed by atoms with Gasteiger partial charge in [-0.2, -0.15) is 0 Å². The van der Waals surface area contributed by atoms with Crippen molar-refractivity contribution in [2.75, 3.05) is 52.1 Å². The molecule has 18 heavy (non-hydrogen) atoms. The largest absolute Gasteiger partial charge is 0.379 e. The fourth-order valence-corrected chi connectivity index (χ4v) is 1.47. The number of ether oxygens (including phenoxy) is 3. The third-order valence-electron chi connectivity index (χ3n) is 2.18. The Balaban J connectivity index is 0. The fourth-order valence-electron chi connectivity index (χ4n) is 1.28. The Hall–Kier alpha value is 0.420. The van der Waals surface area contributed by atoms with E-state index in [1.54, 1.807) is 0 Å². The van der Waals surface area contributed by atoms with Gasteiger partial charge in [0.15, 0.2) is 0 Å². The van der Waals surface area contributed by atoms with Gasteiger partial charge >= 0.3 is 0 Å². The van der Waals surface area contributed by atoms with Crippen molar-refractivity contribution in [1.29, 1.82) is 0 Å². The number of rotatable bonds is 14. The summed E-state index contributed by atoms with van der Waals surface area (Å²) in [5.74, 6) is 0.765. The molecule has 0 aromatic rings. The summed E-state index contributed by atoms with van der Waals surface area (Å²) < 4.78 is 15.9. The second-order valence-corrected chi connectivity index (χ2v) is 4.11. The molecule has 0 aromatic carbocycles. The topological polar surface area (TPSA) is 53.7 Å². The van der Waals surface area contributed by atoms with Crippen LogP contribution in [0.2, 0.25) is 0 Å². The molecule has 112 valence electrons. The molecule has 0 spiro atoms. The van der Waals surface area contributed by atoms with E-state index in [1.807, 2.05) is 0 Å². The lowest BCUT2D eigenvalue weighted by Gasteiger charge is -2.06. The molecule has 2 N–H and O–H groups in total. The minimum atomic E-state index is 0. The summed E-state index contributed by atoms with van der Waals surface area (Å²) in [4.78, 5) is 0. The maximum atomic E-state index is 5.58. The Morgan fingerprint density at radius 2 is 1.17 bits per heavy atom.